The molecule has 0 unspecified atom stereocenters. The van der Waals surface area contributed by atoms with Crippen molar-refractivity contribution in [2.45, 2.75) is 4.90 Å². The maximum atomic E-state index is 12.5. The van der Waals surface area contributed by atoms with E-state index in [-0.39, 0.29) is 17.4 Å². The highest BCUT2D eigenvalue weighted by Crippen LogP contribution is 2.29. The first-order valence-corrected chi connectivity index (χ1v) is 11.7. The van der Waals surface area contributed by atoms with Crippen LogP contribution in [0.5, 0.6) is 5.75 Å². The van der Waals surface area contributed by atoms with Crippen LogP contribution in [0, 0.1) is 0 Å². The van der Waals surface area contributed by atoms with Crippen molar-refractivity contribution in [3.05, 3.63) is 109 Å². The Hall–Kier alpha value is -4.10. The fraction of sp³-hybridized carbons (Fsp3) is 0.0385. The van der Waals surface area contributed by atoms with E-state index in [2.05, 4.69) is 10.0 Å². The molecule has 166 valence electrons. The fourth-order valence-corrected chi connectivity index (χ4v) is 4.29. The Labute approximate surface area is 192 Å². The van der Waals surface area contributed by atoms with Crippen LogP contribution < -0.4 is 14.8 Å². The zero-order chi connectivity index (χ0) is 23.1. The third-order valence-electron chi connectivity index (χ3n) is 4.80. The van der Waals surface area contributed by atoms with Gasteiger partial charge >= 0.3 is 0 Å². The molecule has 33 heavy (non-hydrogen) atoms. The van der Waals surface area contributed by atoms with Gasteiger partial charge in [0, 0.05) is 16.9 Å². The van der Waals surface area contributed by atoms with E-state index in [1.165, 1.54) is 24.3 Å². The predicted octanol–water partition coefficient (Wildman–Crippen LogP) is 5.17. The lowest BCUT2D eigenvalue weighted by Crippen LogP contribution is -2.20. The highest BCUT2D eigenvalue weighted by atomic mass is 32.2. The molecule has 4 aromatic carbocycles. The Balaban J connectivity index is 1.37. The van der Waals surface area contributed by atoms with Crippen LogP contribution in [0.25, 0.3) is 11.1 Å². The van der Waals surface area contributed by atoms with Crippen molar-refractivity contribution in [2.75, 3.05) is 16.6 Å². The smallest absolute Gasteiger partial charge is 0.262 e. The van der Waals surface area contributed by atoms with Crippen LogP contribution in [0.1, 0.15) is 0 Å². The van der Waals surface area contributed by atoms with Gasteiger partial charge in [-0.2, -0.15) is 0 Å². The summed E-state index contributed by atoms with van der Waals surface area (Å²) in [7, 11) is -3.72. The van der Waals surface area contributed by atoms with Crippen LogP contribution in [-0.4, -0.2) is 20.9 Å². The zero-order valence-electron chi connectivity index (χ0n) is 17.6. The number of hydrogen-bond acceptors (Lipinski definition) is 4. The molecule has 0 atom stereocenters. The number of carbonyl (C=O) groups is 1. The maximum Gasteiger partial charge on any atom is 0.262 e. The average Bonchev–Trinajstić information content (AvgIpc) is 2.84. The molecule has 0 fully saturated rings. The van der Waals surface area contributed by atoms with E-state index in [9.17, 15) is 13.2 Å². The molecule has 0 aliphatic carbocycles. The molecular weight excluding hydrogens is 436 g/mol. The molecule has 0 aliphatic rings. The molecule has 0 spiro atoms. The first kappa shape index (κ1) is 22.1. The molecule has 0 bridgehead atoms. The van der Waals surface area contributed by atoms with Gasteiger partial charge < -0.3 is 10.1 Å². The number of nitrogens with one attached hydrogen (secondary N) is 2. The van der Waals surface area contributed by atoms with E-state index in [0.29, 0.717) is 17.1 Å². The molecule has 6 nitrogen and oxygen atoms in total. The highest BCUT2D eigenvalue weighted by molar-refractivity contribution is 7.92. The Morgan fingerprint density at radius 2 is 1.30 bits per heavy atom. The van der Waals surface area contributed by atoms with E-state index in [1.54, 1.807) is 30.3 Å². The van der Waals surface area contributed by atoms with E-state index in [4.69, 9.17) is 4.74 Å². The number of rotatable bonds is 8. The van der Waals surface area contributed by atoms with E-state index >= 15 is 0 Å². The Bertz CT molecular complexity index is 1320. The van der Waals surface area contributed by atoms with Crippen LogP contribution >= 0.6 is 0 Å². The normalized spacial score (nSPS) is 10.9. The minimum Gasteiger partial charge on any atom is -0.483 e. The van der Waals surface area contributed by atoms with Gasteiger partial charge in [-0.25, -0.2) is 8.42 Å². The molecule has 7 heteroatoms. The summed E-state index contributed by atoms with van der Waals surface area (Å²) in [5.41, 5.74) is 2.84. The molecule has 0 saturated carbocycles. The Kier molecular flexibility index (Phi) is 6.71. The minimum absolute atomic E-state index is 0.0948. The van der Waals surface area contributed by atoms with Crippen LogP contribution in [0.15, 0.2) is 114 Å². The van der Waals surface area contributed by atoms with Gasteiger partial charge in [0.05, 0.1) is 4.90 Å². The van der Waals surface area contributed by atoms with Gasteiger partial charge in [-0.1, -0.05) is 66.7 Å². The van der Waals surface area contributed by atoms with Crippen molar-refractivity contribution in [3.8, 4) is 16.9 Å². The summed E-state index contributed by atoms with van der Waals surface area (Å²) < 4.78 is 33.3. The molecular formula is C26H22N2O4S. The quantitative estimate of drug-likeness (QED) is 0.381. The predicted molar refractivity (Wildman–Crippen MR) is 130 cm³/mol. The van der Waals surface area contributed by atoms with Crippen molar-refractivity contribution in [2.24, 2.45) is 0 Å². The number of hydrogen-bond donors (Lipinski definition) is 2. The molecule has 1 amide bonds. The van der Waals surface area contributed by atoms with Gasteiger partial charge in [0.15, 0.2) is 6.61 Å². The molecule has 0 radical (unpaired) electrons. The third-order valence-corrected chi connectivity index (χ3v) is 6.20. The first-order valence-electron chi connectivity index (χ1n) is 10.3. The van der Waals surface area contributed by atoms with Crippen molar-refractivity contribution in [1.82, 2.24) is 0 Å². The molecule has 2 N–H and O–H groups in total. The van der Waals surface area contributed by atoms with Crippen LogP contribution in [0.3, 0.4) is 0 Å². The van der Waals surface area contributed by atoms with Crippen molar-refractivity contribution in [1.29, 1.82) is 0 Å². The second kappa shape index (κ2) is 10.0. The summed E-state index contributed by atoms with van der Waals surface area (Å²) in [6, 6.07) is 31.9. The molecule has 4 rings (SSSR count). The zero-order valence-corrected chi connectivity index (χ0v) is 18.5. The Morgan fingerprint density at radius 1 is 0.697 bits per heavy atom. The highest BCUT2D eigenvalue weighted by Gasteiger charge is 2.14. The monoisotopic (exact) mass is 458 g/mol. The molecule has 0 saturated heterocycles. The summed E-state index contributed by atoms with van der Waals surface area (Å²) in [6.07, 6.45) is 0. The number of ether oxygens (including phenoxy) is 1. The molecule has 0 aliphatic heterocycles. The van der Waals surface area contributed by atoms with E-state index in [0.717, 1.165) is 11.1 Å². The topological polar surface area (TPSA) is 84.5 Å². The number of amides is 1. The van der Waals surface area contributed by atoms with Crippen LogP contribution in [-0.2, 0) is 14.8 Å². The number of para-hydroxylation sites is 2. The summed E-state index contributed by atoms with van der Waals surface area (Å²) in [5, 5.41) is 2.72. The Morgan fingerprint density at radius 3 is 2.00 bits per heavy atom. The number of carbonyl (C=O) groups excluding carboxylic acids is 1. The lowest BCUT2D eigenvalue weighted by atomic mass is 10.1. The summed E-state index contributed by atoms with van der Waals surface area (Å²) in [4.78, 5) is 12.5. The van der Waals surface area contributed by atoms with Crippen LogP contribution in [0.2, 0.25) is 0 Å². The molecule has 0 heterocycles. The standard InChI is InChI=1S/C26H22N2O4S/c29-26(19-32-25-14-8-7-13-24(25)20-9-3-1-4-10-20)27-21-15-17-23(18-16-21)33(30,31)28-22-11-5-2-6-12-22/h1-18,28H,19H2,(H,27,29). The fourth-order valence-electron chi connectivity index (χ4n) is 3.23. The lowest BCUT2D eigenvalue weighted by molar-refractivity contribution is -0.118. The first-order chi connectivity index (χ1) is 16.0. The molecule has 0 aromatic heterocycles. The lowest BCUT2D eigenvalue weighted by Gasteiger charge is -2.12. The van der Waals surface area contributed by atoms with E-state index < -0.39 is 10.0 Å². The average molecular weight is 459 g/mol. The minimum atomic E-state index is -3.72. The maximum absolute atomic E-state index is 12.5. The number of sulfonamides is 1. The van der Waals surface area contributed by atoms with Gasteiger partial charge in [0.1, 0.15) is 5.75 Å². The van der Waals surface area contributed by atoms with Gasteiger partial charge in [-0.05, 0) is 48.0 Å². The third kappa shape index (κ3) is 5.78. The number of anilines is 2. The summed E-state index contributed by atoms with van der Waals surface area (Å²) in [5.74, 6) is 0.253. The van der Waals surface area contributed by atoms with Gasteiger partial charge in [-0.15, -0.1) is 0 Å². The number of benzene rings is 4. The molecule has 4 aromatic rings. The summed E-state index contributed by atoms with van der Waals surface area (Å²) in [6.45, 7) is -0.181. The van der Waals surface area contributed by atoms with Crippen molar-refractivity contribution >= 4 is 27.3 Å². The van der Waals surface area contributed by atoms with Gasteiger partial charge in [0.2, 0.25) is 0 Å². The van der Waals surface area contributed by atoms with Crippen LogP contribution in [0.4, 0.5) is 11.4 Å². The van der Waals surface area contributed by atoms with Gasteiger partial charge in [-0.3, -0.25) is 9.52 Å². The van der Waals surface area contributed by atoms with E-state index in [1.807, 2.05) is 54.6 Å². The summed E-state index contributed by atoms with van der Waals surface area (Å²) >= 11 is 0. The van der Waals surface area contributed by atoms with Gasteiger partial charge in [0.25, 0.3) is 15.9 Å². The largest absolute Gasteiger partial charge is 0.483 e. The van der Waals surface area contributed by atoms with Crippen molar-refractivity contribution < 1.29 is 17.9 Å². The second-order valence-corrected chi connectivity index (χ2v) is 8.88. The SMILES string of the molecule is O=C(COc1ccccc1-c1ccccc1)Nc1ccc(S(=O)(=O)Nc2ccccc2)cc1. The van der Waals surface area contributed by atoms with Crippen molar-refractivity contribution in [3.63, 3.8) is 0 Å². The second-order valence-electron chi connectivity index (χ2n) is 7.19.